The number of carbonyl (C=O) groups is 2. The van der Waals surface area contributed by atoms with Crippen molar-refractivity contribution >= 4 is 21.8 Å². The smallest absolute Gasteiger partial charge is 0.261 e. The third kappa shape index (κ3) is 8.14. The van der Waals surface area contributed by atoms with Crippen LogP contribution in [0, 0.1) is 0 Å². The van der Waals surface area contributed by atoms with Crippen molar-refractivity contribution in [2.75, 3.05) is 39.7 Å². The first-order valence-corrected chi connectivity index (χ1v) is 17.2. The Hall–Kier alpha value is -4.91. The maximum atomic E-state index is 14.0. The van der Waals surface area contributed by atoms with Gasteiger partial charge in [0.25, 0.3) is 5.91 Å². The van der Waals surface area contributed by atoms with Gasteiger partial charge in [-0.15, -0.1) is 0 Å². The van der Waals surface area contributed by atoms with Crippen molar-refractivity contribution in [2.45, 2.75) is 30.4 Å². The first-order valence-electron chi connectivity index (χ1n) is 15.7. The average molecular weight is 672 g/mol. The molecule has 11 nitrogen and oxygen atoms in total. The summed E-state index contributed by atoms with van der Waals surface area (Å²) in [4.78, 5) is 29.6. The van der Waals surface area contributed by atoms with Crippen LogP contribution in [0.4, 0.5) is 0 Å². The van der Waals surface area contributed by atoms with E-state index in [1.165, 1.54) is 33.5 Å². The predicted octanol–water partition coefficient (Wildman–Crippen LogP) is 3.77. The van der Waals surface area contributed by atoms with Gasteiger partial charge in [0, 0.05) is 32.6 Å². The molecule has 2 aliphatic rings. The van der Waals surface area contributed by atoms with E-state index in [0.717, 1.165) is 16.7 Å². The summed E-state index contributed by atoms with van der Waals surface area (Å²) in [5.74, 6) is 0.879. The summed E-state index contributed by atoms with van der Waals surface area (Å²) in [6.07, 6.45) is 0.278. The molecule has 12 heteroatoms. The van der Waals surface area contributed by atoms with Crippen molar-refractivity contribution in [1.82, 2.24) is 14.5 Å². The summed E-state index contributed by atoms with van der Waals surface area (Å²) < 4.78 is 49.5. The molecule has 4 aromatic carbocycles. The SMILES string of the molecule is O=C(NCc1ccc2c(c1)OCO2)[C@H](Cc1ccccc1)N(Cc1ccccc1)C(=O)COc1ccc(S(=O)(=O)N2CCOCC2)cc1. The number of nitrogens with zero attached hydrogens (tertiary/aromatic N) is 2. The third-order valence-corrected chi connectivity index (χ3v) is 10.1. The monoisotopic (exact) mass is 671 g/mol. The molecule has 250 valence electrons. The van der Waals surface area contributed by atoms with Crippen LogP contribution in [0.1, 0.15) is 16.7 Å². The Bertz CT molecular complexity index is 1800. The normalized spacial score (nSPS) is 15.0. The zero-order valence-corrected chi connectivity index (χ0v) is 27.1. The largest absolute Gasteiger partial charge is 0.484 e. The van der Waals surface area contributed by atoms with Gasteiger partial charge in [-0.05, 0) is 53.1 Å². The minimum Gasteiger partial charge on any atom is -0.484 e. The van der Waals surface area contributed by atoms with Crippen LogP contribution in [-0.4, -0.2) is 75.2 Å². The highest BCUT2D eigenvalue weighted by Crippen LogP contribution is 2.32. The van der Waals surface area contributed by atoms with E-state index in [4.69, 9.17) is 18.9 Å². The predicted molar refractivity (Wildman–Crippen MR) is 177 cm³/mol. The molecule has 48 heavy (non-hydrogen) atoms. The van der Waals surface area contributed by atoms with Crippen LogP contribution in [0.2, 0.25) is 0 Å². The highest BCUT2D eigenvalue weighted by Gasteiger charge is 2.31. The van der Waals surface area contributed by atoms with Crippen LogP contribution >= 0.6 is 0 Å². The molecule has 2 heterocycles. The van der Waals surface area contributed by atoms with E-state index in [-0.39, 0.29) is 43.7 Å². The van der Waals surface area contributed by atoms with Gasteiger partial charge in [0.15, 0.2) is 18.1 Å². The van der Waals surface area contributed by atoms with Crippen LogP contribution in [0.15, 0.2) is 108 Å². The van der Waals surface area contributed by atoms with Gasteiger partial charge in [0.1, 0.15) is 11.8 Å². The standard InChI is InChI=1S/C36H37N3O8S/c40-35(25-45-30-12-14-31(15-13-30)48(42,43)38-17-19-44-20-18-38)39(24-28-9-5-2-6-10-28)32(21-27-7-3-1-4-8-27)36(41)37-23-29-11-16-33-34(22-29)47-26-46-33/h1-16,22,32H,17-21,23-26H2,(H,37,41)/t32-/m0/s1. The summed E-state index contributed by atoms with van der Waals surface area (Å²) >= 11 is 0. The number of rotatable bonds is 13. The van der Waals surface area contributed by atoms with Gasteiger partial charge in [0.2, 0.25) is 22.7 Å². The van der Waals surface area contributed by atoms with E-state index in [1.54, 1.807) is 6.07 Å². The minimum absolute atomic E-state index is 0.135. The molecule has 0 aromatic heterocycles. The number of carbonyl (C=O) groups excluding carboxylic acids is 2. The zero-order chi connectivity index (χ0) is 33.3. The Morgan fingerprint density at radius 3 is 2.19 bits per heavy atom. The summed E-state index contributed by atoms with van der Waals surface area (Å²) in [6, 6.07) is 29.6. The molecule has 6 rings (SSSR count). The molecule has 1 atom stereocenters. The fourth-order valence-corrected chi connectivity index (χ4v) is 6.97. The lowest BCUT2D eigenvalue weighted by Gasteiger charge is -2.31. The number of hydrogen-bond acceptors (Lipinski definition) is 8. The lowest BCUT2D eigenvalue weighted by atomic mass is 10.0. The first kappa shape index (κ1) is 33.0. The second kappa shape index (κ2) is 15.3. The van der Waals surface area contributed by atoms with Gasteiger partial charge in [-0.2, -0.15) is 4.31 Å². The van der Waals surface area contributed by atoms with Gasteiger partial charge in [-0.3, -0.25) is 9.59 Å². The van der Waals surface area contributed by atoms with Crippen molar-refractivity contribution in [3.05, 3.63) is 120 Å². The van der Waals surface area contributed by atoms with E-state index in [2.05, 4.69) is 5.32 Å². The van der Waals surface area contributed by atoms with Gasteiger partial charge in [-0.25, -0.2) is 8.42 Å². The van der Waals surface area contributed by atoms with Crippen molar-refractivity contribution in [1.29, 1.82) is 0 Å². The Morgan fingerprint density at radius 1 is 0.812 bits per heavy atom. The minimum atomic E-state index is -3.67. The van der Waals surface area contributed by atoms with Crippen LogP contribution in [0.25, 0.3) is 0 Å². The molecule has 0 radical (unpaired) electrons. The fraction of sp³-hybridized carbons (Fsp3) is 0.278. The Kier molecular flexibility index (Phi) is 10.5. The lowest BCUT2D eigenvalue weighted by Crippen LogP contribution is -2.51. The first-order chi connectivity index (χ1) is 23.4. The molecule has 0 spiro atoms. The second-order valence-corrected chi connectivity index (χ2v) is 13.3. The Labute approximate surface area is 280 Å². The topological polar surface area (TPSA) is 124 Å². The Morgan fingerprint density at radius 2 is 1.48 bits per heavy atom. The molecule has 1 fully saturated rings. The summed E-state index contributed by atoms with van der Waals surface area (Å²) in [5, 5.41) is 3.01. The highest BCUT2D eigenvalue weighted by atomic mass is 32.2. The summed E-state index contributed by atoms with van der Waals surface area (Å²) in [6.45, 7) is 1.48. The number of morpholine rings is 1. The van der Waals surface area contributed by atoms with Crippen LogP contribution in [-0.2, 0) is 43.9 Å². The summed E-state index contributed by atoms with van der Waals surface area (Å²) in [7, 11) is -3.67. The quantitative estimate of drug-likeness (QED) is 0.228. The molecule has 0 bridgehead atoms. The van der Waals surface area contributed by atoms with Crippen LogP contribution < -0.4 is 19.5 Å². The van der Waals surface area contributed by atoms with E-state index >= 15 is 0 Å². The number of fused-ring (bicyclic) bond motifs is 1. The van der Waals surface area contributed by atoms with Crippen molar-refractivity contribution in [3.63, 3.8) is 0 Å². The number of benzene rings is 4. The van der Waals surface area contributed by atoms with Gasteiger partial charge >= 0.3 is 0 Å². The lowest BCUT2D eigenvalue weighted by molar-refractivity contribution is -0.142. The average Bonchev–Trinajstić information content (AvgIpc) is 3.61. The van der Waals surface area contributed by atoms with E-state index in [1.807, 2.05) is 72.8 Å². The second-order valence-electron chi connectivity index (χ2n) is 11.4. The molecule has 1 saturated heterocycles. The van der Waals surface area contributed by atoms with E-state index in [0.29, 0.717) is 43.6 Å². The third-order valence-electron chi connectivity index (χ3n) is 8.16. The molecule has 4 aromatic rings. The maximum absolute atomic E-state index is 14.0. The molecule has 0 unspecified atom stereocenters. The number of sulfonamides is 1. The van der Waals surface area contributed by atoms with Crippen LogP contribution in [0.3, 0.4) is 0 Å². The molecule has 0 saturated carbocycles. The maximum Gasteiger partial charge on any atom is 0.261 e. The molecular formula is C36H37N3O8S. The van der Waals surface area contributed by atoms with Gasteiger partial charge in [0.05, 0.1) is 18.1 Å². The van der Waals surface area contributed by atoms with Crippen molar-refractivity contribution in [3.8, 4) is 17.2 Å². The highest BCUT2D eigenvalue weighted by molar-refractivity contribution is 7.89. The Balaban J connectivity index is 1.20. The van der Waals surface area contributed by atoms with Crippen molar-refractivity contribution in [2.24, 2.45) is 0 Å². The molecule has 1 N–H and O–H groups in total. The number of hydrogen-bond donors (Lipinski definition) is 1. The van der Waals surface area contributed by atoms with E-state index < -0.39 is 22.0 Å². The van der Waals surface area contributed by atoms with Crippen LogP contribution in [0.5, 0.6) is 17.2 Å². The molecule has 2 aliphatic heterocycles. The zero-order valence-electron chi connectivity index (χ0n) is 26.3. The van der Waals surface area contributed by atoms with E-state index in [9.17, 15) is 18.0 Å². The molecule has 2 amide bonds. The number of amides is 2. The number of ether oxygens (including phenoxy) is 4. The van der Waals surface area contributed by atoms with Crippen molar-refractivity contribution < 1.29 is 37.0 Å². The van der Waals surface area contributed by atoms with Gasteiger partial charge < -0.3 is 29.2 Å². The summed E-state index contributed by atoms with van der Waals surface area (Å²) in [5.41, 5.74) is 2.57. The number of nitrogens with one attached hydrogen (secondary N) is 1. The molecular weight excluding hydrogens is 634 g/mol. The fourth-order valence-electron chi connectivity index (χ4n) is 5.56. The molecule has 0 aliphatic carbocycles. The van der Waals surface area contributed by atoms with Gasteiger partial charge in [-0.1, -0.05) is 66.7 Å².